The Morgan fingerprint density at radius 3 is 2.51 bits per heavy atom. The molecule has 0 bridgehead atoms. The van der Waals surface area contributed by atoms with E-state index in [0.717, 1.165) is 12.5 Å². The fraction of sp³-hybridized carbons (Fsp3) is 0.360. The summed E-state index contributed by atoms with van der Waals surface area (Å²) >= 11 is 0. The molecule has 0 aromatic heterocycles. The van der Waals surface area contributed by atoms with Gasteiger partial charge < -0.3 is 25.2 Å². The lowest BCUT2D eigenvalue weighted by atomic mass is 10.0. The summed E-state index contributed by atoms with van der Waals surface area (Å²) < 4.78 is 18.8. The standard InChI is InChI=1S/C25H27FN4O5/c1-35-19-9-7-16(8-10-19)25(34)30-13-12-29(24(33)17-4-2-5-18(26)14-17)15-21(30)23(32)28-20-6-3-11-27-22(20)31/h2,4-5,7-10,14,20-21H,3,6,11-13,15H2,1H3,(H,27,31)(H,28,32). The third kappa shape index (κ3) is 5.42. The van der Waals surface area contributed by atoms with Crippen LogP contribution in [0.4, 0.5) is 4.39 Å². The van der Waals surface area contributed by atoms with Gasteiger partial charge in [-0.3, -0.25) is 19.2 Å². The Labute approximate surface area is 202 Å². The number of hydrogen-bond acceptors (Lipinski definition) is 5. The number of rotatable bonds is 5. The maximum atomic E-state index is 13.7. The number of halogens is 1. The molecule has 2 N–H and O–H groups in total. The Kier molecular flexibility index (Phi) is 7.28. The molecule has 2 fully saturated rings. The van der Waals surface area contributed by atoms with Crippen molar-refractivity contribution in [3.63, 3.8) is 0 Å². The first kappa shape index (κ1) is 24.2. The van der Waals surface area contributed by atoms with Gasteiger partial charge in [0.25, 0.3) is 11.8 Å². The molecular weight excluding hydrogens is 455 g/mol. The number of hydrogen-bond donors (Lipinski definition) is 2. The van der Waals surface area contributed by atoms with Crippen LogP contribution >= 0.6 is 0 Å². The van der Waals surface area contributed by atoms with Gasteiger partial charge in [-0.25, -0.2) is 4.39 Å². The molecule has 0 spiro atoms. The van der Waals surface area contributed by atoms with Crippen LogP contribution in [-0.2, 0) is 9.59 Å². The van der Waals surface area contributed by atoms with E-state index in [9.17, 15) is 23.6 Å². The molecule has 0 radical (unpaired) electrons. The lowest BCUT2D eigenvalue weighted by molar-refractivity contribution is -0.133. The molecule has 2 aliphatic heterocycles. The molecule has 2 aromatic rings. The van der Waals surface area contributed by atoms with Gasteiger partial charge in [-0.2, -0.15) is 0 Å². The van der Waals surface area contributed by atoms with E-state index >= 15 is 0 Å². The van der Waals surface area contributed by atoms with Crippen LogP contribution in [0, 0.1) is 5.82 Å². The zero-order chi connectivity index (χ0) is 24.9. The van der Waals surface area contributed by atoms with Gasteiger partial charge >= 0.3 is 0 Å². The minimum absolute atomic E-state index is 0.0859. The highest BCUT2D eigenvalue weighted by Gasteiger charge is 2.39. The minimum Gasteiger partial charge on any atom is -0.497 e. The maximum absolute atomic E-state index is 13.7. The van der Waals surface area contributed by atoms with Crippen molar-refractivity contribution >= 4 is 23.6 Å². The summed E-state index contributed by atoms with van der Waals surface area (Å²) in [7, 11) is 1.52. The van der Waals surface area contributed by atoms with Gasteiger partial charge in [0.05, 0.1) is 13.7 Å². The summed E-state index contributed by atoms with van der Waals surface area (Å²) in [5.74, 6) is -1.56. The fourth-order valence-electron chi connectivity index (χ4n) is 4.32. The van der Waals surface area contributed by atoms with E-state index in [2.05, 4.69) is 10.6 Å². The van der Waals surface area contributed by atoms with E-state index < -0.39 is 29.7 Å². The second-order valence-corrected chi connectivity index (χ2v) is 8.50. The minimum atomic E-state index is -1.02. The highest BCUT2D eigenvalue weighted by atomic mass is 19.1. The second-order valence-electron chi connectivity index (χ2n) is 8.50. The van der Waals surface area contributed by atoms with Crippen molar-refractivity contribution in [2.75, 3.05) is 33.3 Å². The molecule has 184 valence electrons. The molecule has 2 atom stereocenters. The van der Waals surface area contributed by atoms with Gasteiger partial charge in [-0.1, -0.05) is 6.07 Å². The molecule has 2 saturated heterocycles. The Morgan fingerprint density at radius 2 is 1.83 bits per heavy atom. The number of amides is 4. The first-order valence-corrected chi connectivity index (χ1v) is 11.5. The number of carbonyl (C=O) groups excluding carboxylic acids is 4. The molecule has 0 aliphatic carbocycles. The van der Waals surface area contributed by atoms with Gasteiger partial charge in [0.15, 0.2) is 0 Å². The molecule has 4 amide bonds. The highest BCUT2D eigenvalue weighted by molar-refractivity contribution is 6.00. The number of nitrogens with zero attached hydrogens (tertiary/aromatic N) is 2. The number of piperazine rings is 1. The van der Waals surface area contributed by atoms with E-state index in [1.54, 1.807) is 24.3 Å². The van der Waals surface area contributed by atoms with Crippen molar-refractivity contribution in [3.05, 3.63) is 65.5 Å². The second kappa shape index (κ2) is 10.5. The van der Waals surface area contributed by atoms with Gasteiger partial charge in [-0.05, 0) is 55.3 Å². The zero-order valence-corrected chi connectivity index (χ0v) is 19.3. The molecule has 35 heavy (non-hydrogen) atoms. The van der Waals surface area contributed by atoms with Crippen molar-refractivity contribution in [1.82, 2.24) is 20.4 Å². The predicted molar refractivity (Wildman–Crippen MR) is 124 cm³/mol. The molecule has 2 unspecified atom stereocenters. The van der Waals surface area contributed by atoms with Crippen LogP contribution in [0.2, 0.25) is 0 Å². The number of carbonyl (C=O) groups is 4. The van der Waals surface area contributed by atoms with Gasteiger partial charge in [0.1, 0.15) is 23.7 Å². The largest absolute Gasteiger partial charge is 0.497 e. The number of nitrogens with one attached hydrogen (secondary N) is 2. The van der Waals surface area contributed by atoms with E-state index in [0.29, 0.717) is 24.3 Å². The molecule has 0 saturated carbocycles. The van der Waals surface area contributed by atoms with Crippen molar-refractivity contribution < 1.29 is 28.3 Å². The third-order valence-corrected chi connectivity index (χ3v) is 6.24. The lowest BCUT2D eigenvalue weighted by Gasteiger charge is -2.41. The quantitative estimate of drug-likeness (QED) is 0.666. The Hall–Kier alpha value is -3.95. The smallest absolute Gasteiger partial charge is 0.254 e. The zero-order valence-electron chi connectivity index (χ0n) is 19.3. The number of ether oxygens (including phenoxy) is 1. The molecular formula is C25H27FN4O5. The molecule has 2 aliphatic rings. The summed E-state index contributed by atoms with van der Waals surface area (Å²) in [5.41, 5.74) is 0.523. The van der Waals surface area contributed by atoms with E-state index in [4.69, 9.17) is 4.74 Å². The molecule has 9 nitrogen and oxygen atoms in total. The topological polar surface area (TPSA) is 108 Å². The van der Waals surface area contributed by atoms with Crippen molar-refractivity contribution in [1.29, 1.82) is 0 Å². The van der Waals surface area contributed by atoms with E-state index in [1.165, 1.54) is 35.1 Å². The predicted octanol–water partition coefficient (Wildman–Crippen LogP) is 1.20. The van der Waals surface area contributed by atoms with Crippen molar-refractivity contribution in [3.8, 4) is 5.75 Å². The Balaban J connectivity index is 1.57. The summed E-state index contributed by atoms with van der Waals surface area (Å²) in [6.07, 6.45) is 1.21. The Morgan fingerprint density at radius 1 is 1.06 bits per heavy atom. The number of methoxy groups -OCH3 is 1. The van der Waals surface area contributed by atoms with Crippen LogP contribution in [0.1, 0.15) is 33.6 Å². The number of benzene rings is 2. The van der Waals surface area contributed by atoms with E-state index in [-0.39, 0.29) is 37.0 Å². The van der Waals surface area contributed by atoms with Crippen LogP contribution in [0.3, 0.4) is 0 Å². The molecule has 10 heteroatoms. The average Bonchev–Trinajstić information content (AvgIpc) is 2.89. The van der Waals surface area contributed by atoms with Crippen molar-refractivity contribution in [2.24, 2.45) is 0 Å². The summed E-state index contributed by atoms with van der Waals surface area (Å²) in [5, 5.41) is 5.46. The Bertz CT molecular complexity index is 1120. The van der Waals surface area contributed by atoms with Crippen LogP contribution in [-0.4, -0.2) is 78.8 Å². The SMILES string of the molecule is COc1ccc(C(=O)N2CCN(C(=O)c3cccc(F)c3)CC2C(=O)NC2CCCNC2=O)cc1. The van der Waals surface area contributed by atoms with Crippen molar-refractivity contribution in [2.45, 2.75) is 24.9 Å². The first-order valence-electron chi connectivity index (χ1n) is 11.5. The van der Waals surface area contributed by atoms with E-state index in [1.807, 2.05) is 0 Å². The third-order valence-electron chi connectivity index (χ3n) is 6.24. The van der Waals surface area contributed by atoms with Crippen LogP contribution in [0.25, 0.3) is 0 Å². The first-order chi connectivity index (χ1) is 16.9. The molecule has 4 rings (SSSR count). The maximum Gasteiger partial charge on any atom is 0.254 e. The van der Waals surface area contributed by atoms with Gasteiger partial charge in [0.2, 0.25) is 11.8 Å². The monoisotopic (exact) mass is 482 g/mol. The highest BCUT2D eigenvalue weighted by Crippen LogP contribution is 2.20. The molecule has 2 heterocycles. The summed E-state index contributed by atoms with van der Waals surface area (Å²) in [6, 6.07) is 10.1. The summed E-state index contributed by atoms with van der Waals surface area (Å²) in [4.78, 5) is 54.7. The van der Waals surface area contributed by atoms with Gasteiger partial charge in [-0.15, -0.1) is 0 Å². The lowest BCUT2D eigenvalue weighted by Crippen LogP contribution is -2.63. The van der Waals surface area contributed by atoms with Crippen LogP contribution < -0.4 is 15.4 Å². The fourth-order valence-corrected chi connectivity index (χ4v) is 4.32. The summed E-state index contributed by atoms with van der Waals surface area (Å²) in [6.45, 7) is 0.732. The number of piperidine rings is 1. The molecule has 2 aromatic carbocycles. The van der Waals surface area contributed by atoms with Gasteiger partial charge in [0, 0.05) is 30.8 Å². The average molecular weight is 483 g/mol. The normalized spacial score (nSPS) is 20.1. The van der Waals surface area contributed by atoms with Crippen LogP contribution in [0.15, 0.2) is 48.5 Å². The van der Waals surface area contributed by atoms with Crippen LogP contribution in [0.5, 0.6) is 5.75 Å².